The summed E-state index contributed by atoms with van der Waals surface area (Å²) < 4.78 is 5.11. The average Bonchev–Trinajstić information content (AvgIpc) is 2.41. The predicted octanol–water partition coefficient (Wildman–Crippen LogP) is 3.96. The number of methoxy groups -OCH3 is 1. The van der Waals surface area contributed by atoms with Gasteiger partial charge in [0.15, 0.2) is 0 Å². The van der Waals surface area contributed by atoms with Gasteiger partial charge in [-0.1, -0.05) is 54.6 Å². The number of allylic oxidation sites excluding steroid dienone is 1. The minimum absolute atomic E-state index is 0.884. The van der Waals surface area contributed by atoms with E-state index < -0.39 is 0 Å². The van der Waals surface area contributed by atoms with Crippen LogP contribution in [0.1, 0.15) is 11.1 Å². The second kappa shape index (κ2) is 5.90. The van der Waals surface area contributed by atoms with E-state index in [0.717, 1.165) is 11.3 Å². The Balaban J connectivity index is 1.96. The first-order valence-electron chi connectivity index (χ1n) is 5.59. The van der Waals surface area contributed by atoms with Crippen molar-refractivity contribution in [1.29, 1.82) is 0 Å². The largest absolute Gasteiger partial charge is 0.497 e. The molecule has 17 heavy (non-hydrogen) atoms. The summed E-state index contributed by atoms with van der Waals surface area (Å²) in [6, 6.07) is 18.2. The Labute approximate surface area is 102 Å². The van der Waals surface area contributed by atoms with Crippen LogP contribution < -0.4 is 4.74 Å². The zero-order valence-corrected chi connectivity index (χ0v) is 9.84. The van der Waals surface area contributed by atoms with Crippen molar-refractivity contribution in [3.63, 3.8) is 0 Å². The molecule has 0 saturated carbocycles. The van der Waals surface area contributed by atoms with Crippen LogP contribution >= 0.6 is 0 Å². The topological polar surface area (TPSA) is 9.23 Å². The molecule has 0 aliphatic rings. The van der Waals surface area contributed by atoms with Gasteiger partial charge in [-0.05, 0) is 23.3 Å². The molecule has 0 amide bonds. The van der Waals surface area contributed by atoms with E-state index in [4.69, 9.17) is 4.74 Å². The Morgan fingerprint density at radius 2 is 1.53 bits per heavy atom. The second-order valence-electron chi connectivity index (χ2n) is 3.71. The summed E-state index contributed by atoms with van der Waals surface area (Å²) in [5, 5.41) is 0. The van der Waals surface area contributed by atoms with Crippen LogP contribution in [0.15, 0.2) is 60.7 Å². The van der Waals surface area contributed by atoms with Crippen LogP contribution in [0.5, 0.6) is 5.75 Å². The van der Waals surface area contributed by atoms with Crippen molar-refractivity contribution in [2.75, 3.05) is 7.11 Å². The van der Waals surface area contributed by atoms with Gasteiger partial charge in [-0.15, -0.1) is 0 Å². The molecule has 1 heteroatoms. The lowest BCUT2D eigenvalue weighted by Crippen LogP contribution is -1.81. The van der Waals surface area contributed by atoms with E-state index in [1.54, 1.807) is 7.11 Å². The first-order chi connectivity index (χ1) is 8.38. The Morgan fingerprint density at radius 3 is 2.18 bits per heavy atom. The molecule has 0 N–H and O–H groups in total. The lowest BCUT2D eigenvalue weighted by Gasteiger charge is -1.99. The molecule has 0 atom stereocenters. The van der Waals surface area contributed by atoms with Crippen LogP contribution in [-0.2, 0) is 0 Å². The van der Waals surface area contributed by atoms with E-state index in [1.165, 1.54) is 5.56 Å². The van der Waals surface area contributed by atoms with Gasteiger partial charge in [-0.25, -0.2) is 0 Å². The fraction of sp³-hybridized carbons (Fsp3) is 0.0625. The minimum atomic E-state index is 0.884. The predicted molar refractivity (Wildman–Crippen MR) is 71.9 cm³/mol. The Hall–Kier alpha value is -2.02. The Morgan fingerprint density at radius 1 is 0.824 bits per heavy atom. The maximum absolute atomic E-state index is 5.11. The van der Waals surface area contributed by atoms with Crippen LogP contribution in [0.3, 0.4) is 0 Å². The van der Waals surface area contributed by atoms with Gasteiger partial charge < -0.3 is 4.74 Å². The van der Waals surface area contributed by atoms with Gasteiger partial charge in [0.05, 0.1) is 7.11 Å². The summed E-state index contributed by atoms with van der Waals surface area (Å²) in [5.41, 5.74) is 2.37. The van der Waals surface area contributed by atoms with Gasteiger partial charge in [0.1, 0.15) is 5.75 Å². The fourth-order valence-corrected chi connectivity index (χ4v) is 1.55. The molecule has 85 valence electrons. The van der Waals surface area contributed by atoms with Crippen LogP contribution in [0.2, 0.25) is 0 Å². The third kappa shape index (κ3) is 3.49. The number of hydrogen-bond donors (Lipinski definition) is 0. The fourth-order valence-electron chi connectivity index (χ4n) is 1.55. The van der Waals surface area contributed by atoms with Gasteiger partial charge in [0.2, 0.25) is 0 Å². The summed E-state index contributed by atoms with van der Waals surface area (Å²) in [6.45, 7) is 0. The van der Waals surface area contributed by atoms with E-state index in [9.17, 15) is 0 Å². The Bertz CT molecular complexity index is 469. The first kappa shape index (κ1) is 11.5. The molecular weight excluding hydrogens is 208 g/mol. The zero-order chi connectivity index (χ0) is 11.9. The van der Waals surface area contributed by atoms with Crippen molar-refractivity contribution in [3.8, 4) is 5.75 Å². The van der Waals surface area contributed by atoms with Crippen LogP contribution in [0.4, 0.5) is 0 Å². The van der Waals surface area contributed by atoms with Gasteiger partial charge in [0, 0.05) is 6.42 Å². The van der Waals surface area contributed by atoms with Crippen LogP contribution in [-0.4, -0.2) is 7.11 Å². The molecule has 2 aromatic rings. The minimum Gasteiger partial charge on any atom is -0.497 e. The summed E-state index contributed by atoms with van der Waals surface area (Å²) >= 11 is 0. The first-order valence-corrected chi connectivity index (χ1v) is 5.59. The molecule has 0 unspecified atom stereocenters. The van der Waals surface area contributed by atoms with Crippen LogP contribution in [0, 0.1) is 6.42 Å². The number of hydrogen-bond acceptors (Lipinski definition) is 1. The summed E-state index contributed by atoms with van der Waals surface area (Å²) in [4.78, 5) is 0. The molecule has 2 aromatic carbocycles. The maximum Gasteiger partial charge on any atom is 0.118 e. The average molecular weight is 223 g/mol. The zero-order valence-electron chi connectivity index (χ0n) is 9.84. The molecule has 0 aliphatic carbocycles. The van der Waals surface area contributed by atoms with Crippen molar-refractivity contribution in [2.45, 2.75) is 0 Å². The third-order valence-electron chi connectivity index (χ3n) is 2.49. The lowest BCUT2D eigenvalue weighted by atomic mass is 10.1. The quantitative estimate of drug-likeness (QED) is 0.762. The molecule has 0 aromatic heterocycles. The summed E-state index contributed by atoms with van der Waals surface area (Å²) in [7, 11) is 1.67. The van der Waals surface area contributed by atoms with Crippen LogP contribution in [0.25, 0.3) is 6.08 Å². The number of ether oxygens (including phenoxy) is 1. The van der Waals surface area contributed by atoms with Crippen molar-refractivity contribution in [2.24, 2.45) is 0 Å². The van der Waals surface area contributed by atoms with Gasteiger partial charge in [-0.2, -0.15) is 0 Å². The van der Waals surface area contributed by atoms with Crippen molar-refractivity contribution >= 4 is 6.08 Å². The summed E-state index contributed by atoms with van der Waals surface area (Å²) in [6.07, 6.45) is 6.22. The van der Waals surface area contributed by atoms with E-state index >= 15 is 0 Å². The monoisotopic (exact) mass is 223 g/mol. The van der Waals surface area contributed by atoms with E-state index in [1.807, 2.05) is 42.5 Å². The smallest absolute Gasteiger partial charge is 0.118 e. The summed E-state index contributed by atoms with van der Waals surface area (Å²) in [5.74, 6) is 0.884. The molecule has 0 fully saturated rings. The molecule has 0 saturated heterocycles. The molecule has 0 aliphatic heterocycles. The molecule has 0 heterocycles. The van der Waals surface area contributed by atoms with Gasteiger partial charge >= 0.3 is 0 Å². The van der Waals surface area contributed by atoms with Gasteiger partial charge in [0.25, 0.3) is 0 Å². The normalized spacial score (nSPS) is 10.6. The highest BCUT2D eigenvalue weighted by atomic mass is 16.5. The number of rotatable bonds is 4. The van der Waals surface area contributed by atoms with Crippen molar-refractivity contribution < 1.29 is 4.74 Å². The highest BCUT2D eigenvalue weighted by Gasteiger charge is 1.90. The van der Waals surface area contributed by atoms with E-state index in [2.05, 4.69) is 30.7 Å². The molecule has 1 nitrogen and oxygen atoms in total. The molecule has 2 rings (SSSR count). The highest BCUT2D eigenvalue weighted by molar-refractivity contribution is 5.53. The second-order valence-corrected chi connectivity index (χ2v) is 3.71. The SMILES string of the molecule is COc1ccc(C=C[CH]c2ccccc2)cc1. The number of benzene rings is 2. The van der Waals surface area contributed by atoms with Crippen molar-refractivity contribution in [1.82, 2.24) is 0 Å². The van der Waals surface area contributed by atoms with E-state index in [-0.39, 0.29) is 0 Å². The molecule has 0 bridgehead atoms. The highest BCUT2D eigenvalue weighted by Crippen LogP contribution is 2.13. The maximum atomic E-state index is 5.11. The molecule has 1 radical (unpaired) electrons. The Kier molecular flexibility index (Phi) is 3.98. The van der Waals surface area contributed by atoms with E-state index in [0.29, 0.717) is 0 Å². The molecule has 0 spiro atoms. The standard InChI is InChI=1S/C16H15O/c1-17-16-12-10-15(11-13-16)9-5-8-14-6-3-2-4-7-14/h2-13H,1H3. The third-order valence-corrected chi connectivity index (χ3v) is 2.49. The van der Waals surface area contributed by atoms with Gasteiger partial charge in [-0.3, -0.25) is 0 Å². The lowest BCUT2D eigenvalue weighted by molar-refractivity contribution is 0.415. The van der Waals surface area contributed by atoms with Crippen molar-refractivity contribution in [3.05, 3.63) is 78.2 Å². The molecular formula is C16H15O.